The lowest BCUT2D eigenvalue weighted by Crippen LogP contribution is -2.02. The zero-order chi connectivity index (χ0) is 17.2. The molecule has 4 rings (SSSR count). The highest BCUT2D eigenvalue weighted by molar-refractivity contribution is 5.66. The number of rotatable bonds is 4. The second-order valence-corrected chi connectivity index (χ2v) is 5.22. The third-order valence-electron chi connectivity index (χ3n) is 3.68. The molecule has 4 aromatic rings. The normalized spacial score (nSPS) is 10.8. The predicted molar refractivity (Wildman–Crippen MR) is 91.1 cm³/mol. The van der Waals surface area contributed by atoms with E-state index >= 15 is 0 Å². The fraction of sp³-hybridized carbons (Fsp3) is 0.0588. The van der Waals surface area contributed by atoms with Crippen LogP contribution in [-0.4, -0.2) is 32.2 Å². The summed E-state index contributed by atoms with van der Waals surface area (Å²) in [5, 5.41) is 12.1. The predicted octanol–water partition coefficient (Wildman–Crippen LogP) is 2.58. The first-order valence-electron chi connectivity index (χ1n) is 7.51. The average molecular weight is 334 g/mol. The number of hydrogen-bond donors (Lipinski definition) is 1. The smallest absolute Gasteiger partial charge is 0.282 e. The van der Waals surface area contributed by atoms with Crippen LogP contribution in [0.1, 0.15) is 0 Å². The van der Waals surface area contributed by atoms with Gasteiger partial charge in [0.05, 0.1) is 12.8 Å². The Bertz CT molecular complexity index is 992. The van der Waals surface area contributed by atoms with Gasteiger partial charge in [-0.1, -0.05) is 40.7 Å². The van der Waals surface area contributed by atoms with Gasteiger partial charge in [0, 0.05) is 5.56 Å². The van der Waals surface area contributed by atoms with Gasteiger partial charge in [0.25, 0.3) is 5.89 Å². The molecule has 2 N–H and O–H groups in total. The van der Waals surface area contributed by atoms with Crippen molar-refractivity contribution in [3.05, 3.63) is 54.6 Å². The van der Waals surface area contributed by atoms with E-state index in [-0.39, 0.29) is 5.89 Å². The number of hydrogen-bond acceptors (Lipinski definition) is 7. The molecule has 25 heavy (non-hydrogen) atoms. The van der Waals surface area contributed by atoms with Crippen molar-refractivity contribution in [2.75, 3.05) is 12.8 Å². The van der Waals surface area contributed by atoms with Gasteiger partial charge in [-0.15, -0.1) is 5.10 Å². The molecule has 0 aliphatic heterocycles. The molecule has 0 bridgehead atoms. The van der Waals surface area contributed by atoms with E-state index in [0.717, 1.165) is 17.0 Å². The van der Waals surface area contributed by atoms with Crippen molar-refractivity contribution in [2.45, 2.75) is 0 Å². The lowest BCUT2D eigenvalue weighted by atomic mass is 10.2. The van der Waals surface area contributed by atoms with E-state index in [2.05, 4.69) is 20.5 Å². The summed E-state index contributed by atoms with van der Waals surface area (Å²) in [5.74, 6) is 1.74. The summed E-state index contributed by atoms with van der Waals surface area (Å²) in [6.45, 7) is 0. The zero-order valence-electron chi connectivity index (χ0n) is 13.3. The van der Waals surface area contributed by atoms with E-state index in [9.17, 15) is 0 Å². The molecule has 124 valence electrons. The first-order valence-corrected chi connectivity index (χ1v) is 7.51. The van der Waals surface area contributed by atoms with Crippen LogP contribution in [0, 0.1) is 0 Å². The van der Waals surface area contributed by atoms with Crippen molar-refractivity contribution in [2.24, 2.45) is 0 Å². The van der Waals surface area contributed by atoms with Crippen molar-refractivity contribution in [3.63, 3.8) is 0 Å². The van der Waals surface area contributed by atoms with Crippen LogP contribution >= 0.6 is 0 Å². The second kappa shape index (κ2) is 6.08. The Morgan fingerprint density at radius 2 is 1.80 bits per heavy atom. The van der Waals surface area contributed by atoms with Crippen molar-refractivity contribution in [1.29, 1.82) is 0 Å². The Labute approximate surface area is 142 Å². The summed E-state index contributed by atoms with van der Waals surface area (Å²) >= 11 is 0. The number of nitrogens with zero attached hydrogens (tertiary/aromatic N) is 5. The number of ether oxygens (including phenoxy) is 1. The molecule has 2 aromatic carbocycles. The highest BCUT2D eigenvalue weighted by atomic mass is 16.5. The van der Waals surface area contributed by atoms with Gasteiger partial charge in [0.15, 0.2) is 11.5 Å². The second-order valence-electron chi connectivity index (χ2n) is 5.22. The third-order valence-corrected chi connectivity index (χ3v) is 3.68. The van der Waals surface area contributed by atoms with Gasteiger partial charge in [0.1, 0.15) is 5.75 Å². The molecule has 0 spiro atoms. The van der Waals surface area contributed by atoms with E-state index < -0.39 is 0 Å². The maximum Gasteiger partial charge on any atom is 0.282 e. The van der Waals surface area contributed by atoms with Crippen molar-refractivity contribution < 1.29 is 9.26 Å². The molecule has 0 unspecified atom stereocenters. The Morgan fingerprint density at radius 1 is 1.04 bits per heavy atom. The fourth-order valence-corrected chi connectivity index (χ4v) is 2.38. The van der Waals surface area contributed by atoms with Crippen LogP contribution < -0.4 is 10.5 Å². The number of methoxy groups -OCH3 is 1. The number of aromatic nitrogens is 5. The van der Waals surface area contributed by atoms with Crippen LogP contribution in [0.3, 0.4) is 0 Å². The van der Waals surface area contributed by atoms with Crippen molar-refractivity contribution >= 4 is 5.82 Å². The lowest BCUT2D eigenvalue weighted by molar-refractivity contribution is 0.414. The summed E-state index contributed by atoms with van der Waals surface area (Å²) in [5.41, 5.74) is 8.10. The fourth-order valence-electron chi connectivity index (χ4n) is 2.38. The molecule has 0 amide bonds. The van der Waals surface area contributed by atoms with E-state index in [1.807, 2.05) is 54.6 Å². The molecule has 0 aliphatic carbocycles. The summed E-state index contributed by atoms with van der Waals surface area (Å²) in [6, 6.07) is 16.8. The number of anilines is 1. The molecule has 2 aromatic heterocycles. The quantitative estimate of drug-likeness (QED) is 0.611. The number of nitrogens with two attached hydrogens (primary N) is 1. The molecule has 0 radical (unpaired) electrons. The monoisotopic (exact) mass is 334 g/mol. The SMILES string of the molecule is COc1ccc(-n2nnc(-c3nc(-c4ccccc4)no3)c2N)cc1. The Hall–Kier alpha value is -3.68. The Kier molecular flexibility index (Phi) is 3.62. The summed E-state index contributed by atoms with van der Waals surface area (Å²) in [4.78, 5) is 4.35. The van der Waals surface area contributed by atoms with E-state index in [1.54, 1.807) is 7.11 Å². The van der Waals surface area contributed by atoms with E-state index in [0.29, 0.717) is 17.3 Å². The molecular formula is C17H14N6O2. The average Bonchev–Trinajstić information content (AvgIpc) is 3.29. The van der Waals surface area contributed by atoms with Gasteiger partial charge in [0.2, 0.25) is 5.82 Å². The van der Waals surface area contributed by atoms with Gasteiger partial charge in [-0.25, -0.2) is 0 Å². The van der Waals surface area contributed by atoms with Crippen molar-refractivity contribution in [1.82, 2.24) is 25.1 Å². The van der Waals surface area contributed by atoms with Gasteiger partial charge in [-0.2, -0.15) is 9.67 Å². The minimum Gasteiger partial charge on any atom is -0.497 e. The zero-order valence-corrected chi connectivity index (χ0v) is 13.3. The topological polar surface area (TPSA) is 105 Å². The van der Waals surface area contributed by atoms with Gasteiger partial charge < -0.3 is 15.0 Å². The van der Waals surface area contributed by atoms with Crippen LogP contribution in [0.5, 0.6) is 5.75 Å². The molecule has 2 heterocycles. The minimum atomic E-state index is 0.219. The maximum atomic E-state index is 6.16. The van der Waals surface area contributed by atoms with Crippen LogP contribution in [0.4, 0.5) is 5.82 Å². The largest absolute Gasteiger partial charge is 0.497 e. The minimum absolute atomic E-state index is 0.219. The Morgan fingerprint density at radius 3 is 2.52 bits per heavy atom. The first-order chi connectivity index (χ1) is 12.3. The van der Waals surface area contributed by atoms with Gasteiger partial charge in [-0.05, 0) is 24.3 Å². The molecule has 8 nitrogen and oxygen atoms in total. The molecule has 0 aliphatic rings. The van der Waals surface area contributed by atoms with Gasteiger partial charge >= 0.3 is 0 Å². The molecular weight excluding hydrogens is 320 g/mol. The third kappa shape index (κ3) is 2.69. The van der Waals surface area contributed by atoms with Gasteiger partial charge in [-0.3, -0.25) is 0 Å². The standard InChI is InChI=1S/C17H14N6O2/c1-24-13-9-7-12(8-10-13)23-15(18)14(20-22-23)17-19-16(21-25-17)11-5-3-2-4-6-11/h2-10H,18H2,1H3. The molecule has 0 fully saturated rings. The van der Waals surface area contributed by atoms with Crippen molar-refractivity contribution in [3.8, 4) is 34.4 Å². The summed E-state index contributed by atoms with van der Waals surface area (Å²) < 4.78 is 11.9. The highest BCUT2D eigenvalue weighted by Crippen LogP contribution is 2.26. The molecule has 0 atom stereocenters. The van der Waals surface area contributed by atoms with Crippen LogP contribution in [0.25, 0.3) is 28.7 Å². The van der Waals surface area contributed by atoms with E-state index in [1.165, 1.54) is 4.68 Å². The lowest BCUT2D eigenvalue weighted by Gasteiger charge is -2.04. The Balaban J connectivity index is 1.68. The maximum absolute atomic E-state index is 6.16. The highest BCUT2D eigenvalue weighted by Gasteiger charge is 2.19. The molecule has 0 saturated heterocycles. The van der Waals surface area contributed by atoms with Crippen LogP contribution in [0.15, 0.2) is 59.1 Å². The number of benzene rings is 2. The molecule has 8 heteroatoms. The van der Waals surface area contributed by atoms with Crippen LogP contribution in [-0.2, 0) is 0 Å². The van der Waals surface area contributed by atoms with Crippen LogP contribution in [0.2, 0.25) is 0 Å². The van der Waals surface area contributed by atoms with E-state index in [4.69, 9.17) is 15.0 Å². The number of nitrogen functional groups attached to an aromatic ring is 1. The first kappa shape index (κ1) is 14.9. The molecule has 0 saturated carbocycles. The summed E-state index contributed by atoms with van der Waals surface area (Å²) in [6.07, 6.45) is 0. The summed E-state index contributed by atoms with van der Waals surface area (Å²) in [7, 11) is 1.61.